The van der Waals surface area contributed by atoms with Crippen molar-refractivity contribution in [1.82, 2.24) is 5.32 Å². The van der Waals surface area contributed by atoms with E-state index in [4.69, 9.17) is 0 Å². The van der Waals surface area contributed by atoms with Crippen LogP contribution in [0.4, 0.5) is 18.9 Å². The molecule has 4 rings (SSSR count). The first-order valence-electron chi connectivity index (χ1n) is 11.4. The van der Waals surface area contributed by atoms with E-state index in [-0.39, 0.29) is 17.4 Å². The highest BCUT2D eigenvalue weighted by Crippen LogP contribution is 2.37. The SMILES string of the molecule is O=C(CCCCNCCc1ccccc1OC(F)(F)F)c1cc2c3c(c1)CC(=O)N3CCC2. The Morgan fingerprint density at radius 1 is 1.09 bits per heavy atom. The first kappa shape index (κ1) is 23.3. The summed E-state index contributed by atoms with van der Waals surface area (Å²) in [6, 6.07) is 9.96. The van der Waals surface area contributed by atoms with Gasteiger partial charge in [0.15, 0.2) is 5.78 Å². The van der Waals surface area contributed by atoms with Crippen LogP contribution in [-0.2, 0) is 24.1 Å². The van der Waals surface area contributed by atoms with Gasteiger partial charge in [-0.1, -0.05) is 18.2 Å². The van der Waals surface area contributed by atoms with Gasteiger partial charge in [0.25, 0.3) is 0 Å². The number of carbonyl (C=O) groups excluding carboxylic acids is 2. The number of alkyl halides is 3. The molecule has 0 radical (unpaired) electrons. The van der Waals surface area contributed by atoms with Gasteiger partial charge in [0.05, 0.1) is 12.1 Å². The van der Waals surface area contributed by atoms with E-state index in [1.165, 1.54) is 12.1 Å². The van der Waals surface area contributed by atoms with E-state index in [1.807, 2.05) is 17.0 Å². The summed E-state index contributed by atoms with van der Waals surface area (Å²) in [6.07, 6.45) is -0.152. The number of anilines is 1. The molecule has 2 aromatic carbocycles. The molecule has 0 saturated carbocycles. The molecule has 1 amide bonds. The van der Waals surface area contributed by atoms with E-state index >= 15 is 0 Å². The second kappa shape index (κ2) is 9.95. The molecule has 2 aromatic rings. The van der Waals surface area contributed by atoms with Gasteiger partial charge in [0.1, 0.15) is 5.75 Å². The molecule has 0 spiro atoms. The topological polar surface area (TPSA) is 58.6 Å². The van der Waals surface area contributed by atoms with Gasteiger partial charge in [-0.05, 0) is 80.1 Å². The molecule has 0 aliphatic carbocycles. The van der Waals surface area contributed by atoms with E-state index in [2.05, 4.69) is 10.1 Å². The largest absolute Gasteiger partial charge is 0.573 e. The molecule has 0 bridgehead atoms. The Bertz CT molecular complexity index is 1040. The lowest BCUT2D eigenvalue weighted by molar-refractivity contribution is -0.274. The van der Waals surface area contributed by atoms with Gasteiger partial charge < -0.3 is 15.0 Å². The number of hydrogen-bond donors (Lipinski definition) is 1. The molecule has 0 atom stereocenters. The number of ether oxygens (including phenoxy) is 1. The molecule has 2 aliphatic rings. The number of nitrogens with one attached hydrogen (secondary N) is 1. The predicted octanol–water partition coefficient (Wildman–Crippen LogP) is 4.61. The van der Waals surface area contributed by atoms with Crippen LogP contribution in [0.1, 0.15) is 52.7 Å². The third-order valence-corrected chi connectivity index (χ3v) is 6.11. The Hall–Kier alpha value is -2.87. The average molecular weight is 460 g/mol. The second-order valence-electron chi connectivity index (χ2n) is 8.50. The fraction of sp³-hybridized carbons (Fsp3) is 0.440. The molecule has 8 heteroatoms. The number of amides is 1. The Morgan fingerprint density at radius 2 is 1.88 bits per heavy atom. The van der Waals surface area contributed by atoms with E-state index in [9.17, 15) is 22.8 Å². The maximum Gasteiger partial charge on any atom is 0.573 e. The van der Waals surface area contributed by atoms with Crippen molar-refractivity contribution in [3.63, 3.8) is 0 Å². The Morgan fingerprint density at radius 3 is 2.70 bits per heavy atom. The zero-order chi connectivity index (χ0) is 23.4. The Balaban J connectivity index is 1.19. The third-order valence-electron chi connectivity index (χ3n) is 6.11. The number of unbranched alkanes of at least 4 members (excludes halogenated alkanes) is 1. The van der Waals surface area contributed by atoms with Gasteiger partial charge in [0.2, 0.25) is 5.91 Å². The first-order valence-corrected chi connectivity index (χ1v) is 11.4. The zero-order valence-electron chi connectivity index (χ0n) is 18.3. The van der Waals surface area contributed by atoms with Crippen LogP contribution in [0.25, 0.3) is 0 Å². The molecule has 1 N–H and O–H groups in total. The Labute approximate surface area is 190 Å². The van der Waals surface area contributed by atoms with Crippen molar-refractivity contribution in [1.29, 1.82) is 0 Å². The maximum absolute atomic E-state index is 12.7. The van der Waals surface area contributed by atoms with Crippen molar-refractivity contribution < 1.29 is 27.5 Å². The van der Waals surface area contributed by atoms with Crippen molar-refractivity contribution in [3.8, 4) is 5.75 Å². The smallest absolute Gasteiger partial charge is 0.406 e. The lowest BCUT2D eigenvalue weighted by Crippen LogP contribution is -2.31. The molecule has 2 aliphatic heterocycles. The van der Waals surface area contributed by atoms with Gasteiger partial charge in [-0.15, -0.1) is 13.2 Å². The quantitative estimate of drug-likeness (QED) is 0.416. The monoisotopic (exact) mass is 460 g/mol. The molecule has 176 valence electrons. The fourth-order valence-electron chi connectivity index (χ4n) is 4.60. The van der Waals surface area contributed by atoms with Crippen LogP contribution >= 0.6 is 0 Å². The normalized spacial score (nSPS) is 15.0. The van der Waals surface area contributed by atoms with Crippen LogP contribution < -0.4 is 15.0 Å². The predicted molar refractivity (Wildman–Crippen MR) is 119 cm³/mol. The minimum atomic E-state index is -4.71. The zero-order valence-corrected chi connectivity index (χ0v) is 18.3. The fourth-order valence-corrected chi connectivity index (χ4v) is 4.60. The van der Waals surface area contributed by atoms with Crippen LogP contribution in [0.3, 0.4) is 0 Å². The number of benzene rings is 2. The summed E-state index contributed by atoms with van der Waals surface area (Å²) < 4.78 is 41.6. The van der Waals surface area contributed by atoms with Gasteiger partial charge in [-0.3, -0.25) is 9.59 Å². The molecular formula is C25H27F3N2O3. The lowest BCUT2D eigenvalue weighted by atomic mass is 9.94. The third kappa shape index (κ3) is 5.74. The van der Waals surface area contributed by atoms with Gasteiger partial charge >= 0.3 is 6.36 Å². The standard InChI is InChI=1S/C25H27F3N2O3/c26-25(27,28)33-22-9-2-1-6-17(22)10-12-29-11-4-3-8-21(31)19-14-18-7-5-13-30-23(32)16-20(15-19)24(18)30/h1-2,6,9,14-15,29H,3-5,7-8,10-13,16H2. The van der Waals surface area contributed by atoms with E-state index < -0.39 is 6.36 Å². The first-order chi connectivity index (χ1) is 15.8. The van der Waals surface area contributed by atoms with Crippen molar-refractivity contribution in [3.05, 3.63) is 58.7 Å². The number of carbonyl (C=O) groups is 2. The van der Waals surface area contributed by atoms with Crippen LogP contribution in [0.15, 0.2) is 36.4 Å². The number of para-hydroxylation sites is 1. The number of hydrogen-bond acceptors (Lipinski definition) is 4. The highest BCUT2D eigenvalue weighted by Gasteiger charge is 2.33. The van der Waals surface area contributed by atoms with E-state index in [1.54, 1.807) is 12.1 Å². The van der Waals surface area contributed by atoms with Crippen molar-refractivity contribution in [2.75, 3.05) is 24.5 Å². The highest BCUT2D eigenvalue weighted by atomic mass is 19.4. The summed E-state index contributed by atoms with van der Waals surface area (Å²) in [4.78, 5) is 26.7. The summed E-state index contributed by atoms with van der Waals surface area (Å²) in [5.74, 6) is 0.0357. The lowest BCUT2D eigenvalue weighted by Gasteiger charge is -2.25. The van der Waals surface area contributed by atoms with Gasteiger partial charge in [0, 0.05) is 18.5 Å². The van der Waals surface area contributed by atoms with Gasteiger partial charge in [-0.2, -0.15) is 0 Å². The highest BCUT2D eigenvalue weighted by molar-refractivity contribution is 6.05. The van der Waals surface area contributed by atoms with Crippen LogP contribution in [0.2, 0.25) is 0 Å². The van der Waals surface area contributed by atoms with E-state index in [0.29, 0.717) is 43.5 Å². The average Bonchev–Trinajstić information content (AvgIpc) is 3.09. The molecule has 5 nitrogen and oxygen atoms in total. The minimum absolute atomic E-state index is 0.0868. The number of Topliss-reactive ketones (excluding diaryl/α,β-unsaturated/α-hetero) is 1. The van der Waals surface area contributed by atoms with E-state index in [0.717, 1.165) is 49.0 Å². The minimum Gasteiger partial charge on any atom is -0.406 e. The number of ketones is 1. The summed E-state index contributed by atoms with van der Waals surface area (Å²) in [7, 11) is 0. The Kier molecular flexibility index (Phi) is 7.02. The molecule has 0 unspecified atom stereocenters. The number of halogens is 3. The molecule has 0 fully saturated rings. The number of aryl methyl sites for hydroxylation is 1. The molecule has 0 aromatic heterocycles. The second-order valence-corrected chi connectivity index (χ2v) is 8.50. The number of nitrogens with zero attached hydrogens (tertiary/aromatic N) is 1. The van der Waals surface area contributed by atoms with Crippen molar-refractivity contribution in [2.24, 2.45) is 0 Å². The maximum atomic E-state index is 12.7. The van der Waals surface area contributed by atoms with Crippen LogP contribution in [-0.4, -0.2) is 37.7 Å². The molecule has 33 heavy (non-hydrogen) atoms. The summed E-state index contributed by atoms with van der Waals surface area (Å²) in [5, 5.41) is 3.22. The number of rotatable bonds is 10. The molecule has 2 heterocycles. The molecular weight excluding hydrogens is 433 g/mol. The summed E-state index contributed by atoms with van der Waals surface area (Å²) in [5.41, 5.74) is 4.28. The molecule has 0 saturated heterocycles. The van der Waals surface area contributed by atoms with Gasteiger partial charge in [-0.25, -0.2) is 0 Å². The van der Waals surface area contributed by atoms with Crippen molar-refractivity contribution >= 4 is 17.4 Å². The van der Waals surface area contributed by atoms with Crippen LogP contribution in [0.5, 0.6) is 5.75 Å². The summed E-state index contributed by atoms with van der Waals surface area (Å²) >= 11 is 0. The summed E-state index contributed by atoms with van der Waals surface area (Å²) in [6.45, 7) is 1.96. The van der Waals surface area contributed by atoms with Crippen LogP contribution in [0, 0.1) is 0 Å². The van der Waals surface area contributed by atoms with Crippen molar-refractivity contribution in [2.45, 2.75) is 51.3 Å².